The molecule has 1 rings (SSSR count). The normalized spacial score (nSPS) is 12.1. The first-order valence-electron chi connectivity index (χ1n) is 4.71. The number of ether oxygens (including phenoxy) is 1. The smallest absolute Gasteiger partial charge is 0.125 e. The van der Waals surface area contributed by atoms with E-state index < -0.39 is 0 Å². The number of benzene rings is 1. The zero-order chi connectivity index (χ0) is 10.4. The van der Waals surface area contributed by atoms with E-state index in [0.29, 0.717) is 6.61 Å². The largest absolute Gasteiger partial charge is 0.359 e. The van der Waals surface area contributed by atoms with Gasteiger partial charge in [-0.25, -0.2) is 0 Å². The van der Waals surface area contributed by atoms with Crippen LogP contribution in [-0.2, 0) is 4.74 Å². The van der Waals surface area contributed by atoms with E-state index in [0.717, 1.165) is 10.6 Å². The molecule has 0 spiro atoms. The lowest BCUT2D eigenvalue weighted by Crippen LogP contribution is -2.33. The van der Waals surface area contributed by atoms with Crippen LogP contribution in [0.5, 0.6) is 0 Å². The Labute approximate surface area is 90.3 Å². The molecule has 0 aliphatic carbocycles. The van der Waals surface area contributed by atoms with Crippen molar-refractivity contribution < 1.29 is 4.74 Å². The predicted octanol–water partition coefficient (Wildman–Crippen LogP) is 2.33. The maximum atomic E-state index is 5.34. The average molecular weight is 209 g/mol. The van der Waals surface area contributed by atoms with Crippen molar-refractivity contribution in [2.24, 2.45) is 0 Å². The van der Waals surface area contributed by atoms with Crippen LogP contribution in [0.15, 0.2) is 30.3 Å². The monoisotopic (exact) mass is 209 g/mol. The van der Waals surface area contributed by atoms with Crippen LogP contribution in [0.4, 0.5) is 0 Å². The van der Waals surface area contributed by atoms with Crippen molar-refractivity contribution in [2.75, 3.05) is 6.61 Å². The topological polar surface area (TPSA) is 21.3 Å². The molecule has 3 heteroatoms. The summed E-state index contributed by atoms with van der Waals surface area (Å²) in [5.41, 5.74) is 1.02. The highest BCUT2D eigenvalue weighted by Gasteiger charge is 2.04. The summed E-state index contributed by atoms with van der Waals surface area (Å²) < 4.78 is 5.34. The Morgan fingerprint density at radius 3 is 2.64 bits per heavy atom. The van der Waals surface area contributed by atoms with Gasteiger partial charge in [0.05, 0.1) is 0 Å². The summed E-state index contributed by atoms with van der Waals surface area (Å²) in [5.74, 6) is 0. The van der Waals surface area contributed by atoms with Gasteiger partial charge in [-0.05, 0) is 13.8 Å². The van der Waals surface area contributed by atoms with E-state index in [9.17, 15) is 0 Å². The molecule has 0 amide bonds. The molecular formula is C11H15NOS. The highest BCUT2D eigenvalue weighted by atomic mass is 32.1. The summed E-state index contributed by atoms with van der Waals surface area (Å²) in [5, 5.41) is 3.11. The third-order valence-corrected chi connectivity index (χ3v) is 2.14. The minimum atomic E-state index is -0.0345. The molecule has 0 radical (unpaired) electrons. The fraction of sp³-hybridized carbons (Fsp3) is 0.364. The molecular weight excluding hydrogens is 194 g/mol. The molecule has 0 saturated carbocycles. The standard InChI is InChI=1S/C11H15NOS/c1-3-13-9(2)12-11(14)10-7-5-4-6-8-10/h4-9H,3H2,1-2H3,(H,12,14). The molecule has 1 unspecified atom stereocenters. The highest BCUT2D eigenvalue weighted by molar-refractivity contribution is 7.80. The van der Waals surface area contributed by atoms with Crippen LogP contribution in [0.25, 0.3) is 0 Å². The van der Waals surface area contributed by atoms with Crippen molar-refractivity contribution in [3.63, 3.8) is 0 Å². The molecule has 1 aromatic rings. The van der Waals surface area contributed by atoms with Crippen LogP contribution in [0.1, 0.15) is 19.4 Å². The van der Waals surface area contributed by atoms with E-state index in [-0.39, 0.29) is 6.23 Å². The van der Waals surface area contributed by atoms with Crippen molar-refractivity contribution in [3.8, 4) is 0 Å². The van der Waals surface area contributed by atoms with Crippen molar-refractivity contribution in [1.29, 1.82) is 0 Å². The van der Waals surface area contributed by atoms with Crippen LogP contribution in [0.2, 0.25) is 0 Å². The van der Waals surface area contributed by atoms with Crippen LogP contribution in [0.3, 0.4) is 0 Å². The molecule has 0 fully saturated rings. The number of rotatable bonds is 4. The summed E-state index contributed by atoms with van der Waals surface area (Å²) in [6.45, 7) is 4.59. The number of hydrogen-bond donors (Lipinski definition) is 1. The Bertz CT molecular complexity index is 287. The van der Waals surface area contributed by atoms with Crippen LogP contribution in [-0.4, -0.2) is 17.8 Å². The first-order chi connectivity index (χ1) is 6.74. The summed E-state index contributed by atoms with van der Waals surface area (Å²) in [7, 11) is 0. The van der Waals surface area contributed by atoms with Crippen molar-refractivity contribution in [1.82, 2.24) is 5.32 Å². The maximum absolute atomic E-state index is 5.34. The van der Waals surface area contributed by atoms with Gasteiger partial charge in [0, 0.05) is 12.2 Å². The van der Waals surface area contributed by atoms with Gasteiger partial charge in [-0.2, -0.15) is 0 Å². The molecule has 0 aromatic heterocycles. The maximum Gasteiger partial charge on any atom is 0.125 e. The minimum absolute atomic E-state index is 0.0345. The van der Waals surface area contributed by atoms with E-state index >= 15 is 0 Å². The van der Waals surface area contributed by atoms with E-state index in [2.05, 4.69) is 5.32 Å². The quantitative estimate of drug-likeness (QED) is 0.607. The molecule has 1 N–H and O–H groups in total. The van der Waals surface area contributed by atoms with E-state index in [1.54, 1.807) is 0 Å². The van der Waals surface area contributed by atoms with Crippen molar-refractivity contribution in [3.05, 3.63) is 35.9 Å². The lowest BCUT2D eigenvalue weighted by Gasteiger charge is -2.15. The first kappa shape index (κ1) is 11.1. The Morgan fingerprint density at radius 1 is 1.43 bits per heavy atom. The molecule has 14 heavy (non-hydrogen) atoms. The predicted molar refractivity (Wildman–Crippen MR) is 62.4 cm³/mol. The minimum Gasteiger partial charge on any atom is -0.359 e. The zero-order valence-corrected chi connectivity index (χ0v) is 9.30. The van der Waals surface area contributed by atoms with Crippen molar-refractivity contribution >= 4 is 17.2 Å². The molecule has 1 atom stereocenters. The fourth-order valence-corrected chi connectivity index (χ4v) is 1.45. The van der Waals surface area contributed by atoms with Gasteiger partial charge in [-0.15, -0.1) is 0 Å². The molecule has 76 valence electrons. The van der Waals surface area contributed by atoms with E-state index in [1.807, 2.05) is 44.2 Å². The third kappa shape index (κ3) is 3.44. The van der Waals surface area contributed by atoms with Crippen LogP contribution in [0, 0.1) is 0 Å². The summed E-state index contributed by atoms with van der Waals surface area (Å²) >= 11 is 5.22. The van der Waals surface area contributed by atoms with Gasteiger partial charge in [-0.3, -0.25) is 0 Å². The number of nitrogens with one attached hydrogen (secondary N) is 1. The van der Waals surface area contributed by atoms with E-state index in [4.69, 9.17) is 17.0 Å². The second kappa shape index (κ2) is 5.73. The summed E-state index contributed by atoms with van der Waals surface area (Å²) in [6.07, 6.45) is -0.0345. The lowest BCUT2D eigenvalue weighted by molar-refractivity contribution is 0.0669. The van der Waals surface area contributed by atoms with Gasteiger partial charge in [0.25, 0.3) is 0 Å². The highest BCUT2D eigenvalue weighted by Crippen LogP contribution is 2.00. The van der Waals surface area contributed by atoms with Gasteiger partial charge in [-0.1, -0.05) is 42.5 Å². The molecule has 0 heterocycles. The van der Waals surface area contributed by atoms with Crippen molar-refractivity contribution in [2.45, 2.75) is 20.1 Å². The van der Waals surface area contributed by atoms with E-state index in [1.165, 1.54) is 0 Å². The zero-order valence-electron chi connectivity index (χ0n) is 8.49. The van der Waals surface area contributed by atoms with Gasteiger partial charge >= 0.3 is 0 Å². The Kier molecular flexibility index (Phi) is 4.56. The number of thiocarbonyl (C=S) groups is 1. The first-order valence-corrected chi connectivity index (χ1v) is 5.12. The Balaban J connectivity index is 2.51. The second-order valence-corrected chi connectivity index (χ2v) is 3.35. The van der Waals surface area contributed by atoms with Gasteiger partial charge in [0.15, 0.2) is 0 Å². The molecule has 2 nitrogen and oxygen atoms in total. The Morgan fingerprint density at radius 2 is 2.07 bits per heavy atom. The Hall–Kier alpha value is -0.930. The molecule has 0 bridgehead atoms. The lowest BCUT2D eigenvalue weighted by atomic mass is 10.2. The second-order valence-electron chi connectivity index (χ2n) is 2.94. The third-order valence-electron chi connectivity index (χ3n) is 1.79. The molecule has 1 aromatic carbocycles. The van der Waals surface area contributed by atoms with Gasteiger partial charge in [0.2, 0.25) is 0 Å². The average Bonchev–Trinajstić information content (AvgIpc) is 2.19. The number of hydrogen-bond acceptors (Lipinski definition) is 2. The van der Waals surface area contributed by atoms with Crippen LogP contribution < -0.4 is 5.32 Å². The fourth-order valence-electron chi connectivity index (χ4n) is 1.15. The summed E-state index contributed by atoms with van der Waals surface area (Å²) in [4.78, 5) is 0.728. The van der Waals surface area contributed by atoms with Gasteiger partial charge in [0.1, 0.15) is 11.2 Å². The van der Waals surface area contributed by atoms with Gasteiger partial charge < -0.3 is 10.1 Å². The van der Waals surface area contributed by atoms with Crippen LogP contribution >= 0.6 is 12.2 Å². The molecule has 0 aliphatic heterocycles. The molecule has 0 aliphatic rings. The molecule has 0 saturated heterocycles. The SMILES string of the molecule is CCOC(C)NC(=S)c1ccccc1. The summed E-state index contributed by atoms with van der Waals surface area (Å²) in [6, 6.07) is 9.86.